The van der Waals surface area contributed by atoms with Crippen LogP contribution in [0.5, 0.6) is 0 Å². The Morgan fingerprint density at radius 3 is 2.22 bits per heavy atom. The first-order valence-corrected chi connectivity index (χ1v) is 11.1. The van der Waals surface area contributed by atoms with Crippen molar-refractivity contribution < 1.29 is 13.2 Å². The Bertz CT molecular complexity index is 907. The number of anilines is 1. The van der Waals surface area contributed by atoms with Crippen LogP contribution in [0.4, 0.5) is 5.69 Å². The zero-order valence-electron chi connectivity index (χ0n) is 16.2. The van der Waals surface area contributed by atoms with Crippen LogP contribution in [-0.2, 0) is 14.8 Å². The molecule has 1 atom stereocenters. The van der Waals surface area contributed by atoms with E-state index < -0.39 is 10.0 Å². The fourth-order valence-corrected chi connectivity index (χ4v) is 4.72. The highest BCUT2D eigenvalue weighted by molar-refractivity contribution is 8.00. The predicted molar refractivity (Wildman–Crippen MR) is 112 cm³/mol. The van der Waals surface area contributed by atoms with Gasteiger partial charge >= 0.3 is 0 Å². The minimum atomic E-state index is -3.54. The second-order valence-corrected chi connectivity index (χ2v) is 9.92. The first kappa shape index (κ1) is 21.5. The summed E-state index contributed by atoms with van der Waals surface area (Å²) in [6.07, 6.45) is 0. The van der Waals surface area contributed by atoms with Crippen LogP contribution in [0.25, 0.3) is 0 Å². The molecule has 2 aromatic rings. The molecule has 0 aliphatic carbocycles. The number of hydrogen-bond acceptors (Lipinski definition) is 4. The highest BCUT2D eigenvalue weighted by Crippen LogP contribution is 2.28. The van der Waals surface area contributed by atoms with Gasteiger partial charge in [-0.2, -0.15) is 0 Å². The quantitative estimate of drug-likeness (QED) is 0.679. The van der Waals surface area contributed by atoms with Crippen LogP contribution < -0.4 is 10.0 Å². The molecule has 5 nitrogen and oxygen atoms in total. The van der Waals surface area contributed by atoms with Gasteiger partial charge in [0.1, 0.15) is 0 Å². The van der Waals surface area contributed by atoms with Gasteiger partial charge < -0.3 is 5.32 Å². The monoisotopic (exact) mass is 406 g/mol. The number of rotatable bonds is 7. The molecule has 0 aliphatic heterocycles. The minimum absolute atomic E-state index is 0.128. The molecule has 2 rings (SSSR count). The van der Waals surface area contributed by atoms with E-state index in [1.54, 1.807) is 26.0 Å². The molecule has 0 fully saturated rings. The van der Waals surface area contributed by atoms with Crippen molar-refractivity contribution in [1.29, 1.82) is 0 Å². The SMILES string of the molecule is Cc1ccc(C)c(SC(C)C(=O)Nc2ccc(S(=O)(=O)NC(C)C)cc2)c1. The number of sulfonamides is 1. The molecule has 146 valence electrons. The first-order chi connectivity index (χ1) is 12.6. The van der Waals surface area contributed by atoms with Crippen molar-refractivity contribution in [3.63, 3.8) is 0 Å². The van der Waals surface area contributed by atoms with Gasteiger partial charge in [-0.25, -0.2) is 13.1 Å². The molecule has 0 aromatic heterocycles. The molecule has 2 aromatic carbocycles. The highest BCUT2D eigenvalue weighted by atomic mass is 32.2. The molecule has 1 unspecified atom stereocenters. The fraction of sp³-hybridized carbons (Fsp3) is 0.350. The van der Waals surface area contributed by atoms with Gasteiger partial charge in [-0.05, 0) is 70.5 Å². The van der Waals surface area contributed by atoms with Crippen LogP contribution in [0.1, 0.15) is 31.9 Å². The Morgan fingerprint density at radius 1 is 1.00 bits per heavy atom. The van der Waals surface area contributed by atoms with Crippen molar-refractivity contribution in [1.82, 2.24) is 4.72 Å². The number of carbonyl (C=O) groups excluding carboxylic acids is 1. The van der Waals surface area contributed by atoms with Gasteiger partial charge in [0, 0.05) is 16.6 Å². The lowest BCUT2D eigenvalue weighted by Crippen LogP contribution is -2.30. The maximum Gasteiger partial charge on any atom is 0.240 e. The first-order valence-electron chi connectivity index (χ1n) is 8.75. The molecule has 0 saturated heterocycles. The number of benzene rings is 2. The molecular formula is C20H26N2O3S2. The van der Waals surface area contributed by atoms with Gasteiger partial charge in [0.15, 0.2) is 0 Å². The summed E-state index contributed by atoms with van der Waals surface area (Å²) in [6, 6.07) is 12.2. The smallest absolute Gasteiger partial charge is 0.240 e. The molecule has 2 N–H and O–H groups in total. The normalized spacial score (nSPS) is 12.8. The summed E-state index contributed by atoms with van der Waals surface area (Å²) in [4.78, 5) is 13.7. The lowest BCUT2D eigenvalue weighted by Gasteiger charge is -2.14. The van der Waals surface area contributed by atoms with Crippen LogP contribution in [-0.4, -0.2) is 25.6 Å². The number of thioether (sulfide) groups is 1. The van der Waals surface area contributed by atoms with Gasteiger partial charge in [0.2, 0.25) is 15.9 Å². The van der Waals surface area contributed by atoms with Gasteiger partial charge in [-0.3, -0.25) is 4.79 Å². The van der Waals surface area contributed by atoms with E-state index >= 15 is 0 Å². The van der Waals surface area contributed by atoms with E-state index in [9.17, 15) is 13.2 Å². The number of nitrogens with one attached hydrogen (secondary N) is 2. The number of aryl methyl sites for hydroxylation is 2. The van der Waals surface area contributed by atoms with Crippen molar-refractivity contribution in [2.45, 2.75) is 55.7 Å². The highest BCUT2D eigenvalue weighted by Gasteiger charge is 2.18. The summed E-state index contributed by atoms with van der Waals surface area (Å²) in [5.74, 6) is -0.128. The third kappa shape index (κ3) is 6.09. The second-order valence-electron chi connectivity index (χ2n) is 6.82. The molecule has 0 saturated carbocycles. The Labute approximate surface area is 166 Å². The molecule has 0 radical (unpaired) electrons. The van der Waals surface area contributed by atoms with Gasteiger partial charge in [-0.15, -0.1) is 11.8 Å². The third-order valence-corrected chi connectivity index (χ3v) is 6.78. The summed E-state index contributed by atoms with van der Waals surface area (Å²) in [6.45, 7) is 9.43. The molecule has 0 aliphatic rings. The van der Waals surface area contributed by atoms with Crippen LogP contribution in [0, 0.1) is 13.8 Å². The number of amides is 1. The molecular weight excluding hydrogens is 380 g/mol. The summed E-state index contributed by atoms with van der Waals surface area (Å²) >= 11 is 1.51. The zero-order chi connectivity index (χ0) is 20.2. The Hall–Kier alpha value is -1.83. The molecule has 7 heteroatoms. The summed E-state index contributed by atoms with van der Waals surface area (Å²) in [5, 5.41) is 2.56. The topological polar surface area (TPSA) is 75.3 Å². The Balaban J connectivity index is 2.04. The maximum absolute atomic E-state index is 12.5. The van der Waals surface area contributed by atoms with Crippen molar-refractivity contribution >= 4 is 33.4 Å². The lowest BCUT2D eigenvalue weighted by molar-refractivity contribution is -0.115. The van der Waals surface area contributed by atoms with Crippen LogP contribution in [0.2, 0.25) is 0 Å². The number of hydrogen-bond donors (Lipinski definition) is 2. The van der Waals surface area contributed by atoms with Crippen LogP contribution >= 0.6 is 11.8 Å². The van der Waals surface area contributed by atoms with E-state index in [4.69, 9.17) is 0 Å². The molecule has 27 heavy (non-hydrogen) atoms. The third-order valence-electron chi connectivity index (χ3n) is 3.84. The van der Waals surface area contributed by atoms with Crippen LogP contribution in [0.3, 0.4) is 0 Å². The van der Waals surface area contributed by atoms with Gasteiger partial charge in [0.05, 0.1) is 10.1 Å². The van der Waals surface area contributed by atoms with E-state index in [-0.39, 0.29) is 22.1 Å². The zero-order valence-corrected chi connectivity index (χ0v) is 17.9. The van der Waals surface area contributed by atoms with E-state index in [0.29, 0.717) is 5.69 Å². The summed E-state index contributed by atoms with van der Waals surface area (Å²) in [5.41, 5.74) is 2.86. The lowest BCUT2D eigenvalue weighted by atomic mass is 10.2. The standard InChI is InChI=1S/C20H26N2O3S2/c1-13(2)22-27(24,25)18-10-8-17(9-11-18)21-20(23)16(5)26-19-12-14(3)6-7-15(19)4/h6-13,16,22H,1-5H3,(H,21,23). The number of carbonyl (C=O) groups is 1. The molecule has 1 amide bonds. The second kappa shape index (κ2) is 8.91. The molecule has 0 bridgehead atoms. The maximum atomic E-state index is 12.5. The van der Waals surface area contributed by atoms with Crippen molar-refractivity contribution in [3.05, 3.63) is 53.6 Å². The Kier molecular flexibility index (Phi) is 7.08. The van der Waals surface area contributed by atoms with E-state index in [2.05, 4.69) is 16.1 Å². The van der Waals surface area contributed by atoms with E-state index in [1.165, 1.54) is 23.9 Å². The van der Waals surface area contributed by atoms with Gasteiger partial charge in [-0.1, -0.05) is 17.7 Å². The summed E-state index contributed by atoms with van der Waals surface area (Å²) in [7, 11) is -3.54. The van der Waals surface area contributed by atoms with Crippen molar-refractivity contribution in [3.8, 4) is 0 Å². The summed E-state index contributed by atoms with van der Waals surface area (Å²) < 4.78 is 26.8. The van der Waals surface area contributed by atoms with Crippen molar-refractivity contribution in [2.24, 2.45) is 0 Å². The largest absolute Gasteiger partial charge is 0.325 e. The average molecular weight is 407 g/mol. The fourth-order valence-electron chi connectivity index (χ4n) is 2.42. The minimum Gasteiger partial charge on any atom is -0.325 e. The van der Waals surface area contributed by atoms with Gasteiger partial charge in [0.25, 0.3) is 0 Å². The van der Waals surface area contributed by atoms with Crippen molar-refractivity contribution in [2.75, 3.05) is 5.32 Å². The predicted octanol–water partition coefficient (Wildman–Crippen LogP) is 4.11. The van der Waals surface area contributed by atoms with E-state index in [1.807, 2.05) is 32.9 Å². The average Bonchev–Trinajstić information content (AvgIpc) is 2.57. The molecule has 0 heterocycles. The Morgan fingerprint density at radius 2 is 1.63 bits per heavy atom. The molecule has 0 spiro atoms. The van der Waals surface area contributed by atoms with E-state index in [0.717, 1.165) is 16.0 Å². The van der Waals surface area contributed by atoms with Crippen LogP contribution in [0.15, 0.2) is 52.3 Å².